The lowest BCUT2D eigenvalue weighted by molar-refractivity contribution is -0.119. The van der Waals surface area contributed by atoms with Crippen LogP contribution in [0.25, 0.3) is 0 Å². The van der Waals surface area contributed by atoms with Gasteiger partial charge in [0.05, 0.1) is 5.69 Å². The Bertz CT molecular complexity index is 859. The van der Waals surface area contributed by atoms with Crippen molar-refractivity contribution >= 4 is 29.3 Å². The van der Waals surface area contributed by atoms with Gasteiger partial charge >= 0.3 is 6.09 Å². The van der Waals surface area contributed by atoms with E-state index < -0.39 is 17.6 Å². The third-order valence-corrected chi connectivity index (χ3v) is 5.26. The Hall–Kier alpha value is -3.14. The van der Waals surface area contributed by atoms with Crippen LogP contribution in [0.5, 0.6) is 0 Å². The highest BCUT2D eigenvalue weighted by Crippen LogP contribution is 2.24. The summed E-state index contributed by atoms with van der Waals surface area (Å²) in [6, 6.07) is 8.49. The van der Waals surface area contributed by atoms with Crippen LogP contribution in [0.3, 0.4) is 0 Å². The number of amides is 3. The molecule has 3 N–H and O–H groups in total. The Morgan fingerprint density at radius 3 is 2.38 bits per heavy atom. The Morgan fingerprint density at radius 2 is 1.78 bits per heavy atom. The molecule has 1 atom stereocenters. The van der Waals surface area contributed by atoms with E-state index in [-0.39, 0.29) is 24.1 Å². The number of hydrazone groups is 1. The number of hydrogen-bond donors (Lipinski definition) is 2. The number of nitrogens with one attached hydrogen (secondary N) is 1. The average molecular weight is 445 g/mol. The summed E-state index contributed by atoms with van der Waals surface area (Å²) in [4.78, 5) is 40.5. The van der Waals surface area contributed by atoms with Crippen LogP contribution in [-0.4, -0.2) is 84.3 Å². The fourth-order valence-electron chi connectivity index (χ4n) is 3.60. The van der Waals surface area contributed by atoms with Gasteiger partial charge in [0.1, 0.15) is 17.4 Å². The van der Waals surface area contributed by atoms with Gasteiger partial charge in [0.25, 0.3) is 5.91 Å². The first-order valence-corrected chi connectivity index (χ1v) is 10.8. The number of primary amides is 1. The zero-order valence-corrected chi connectivity index (χ0v) is 18.9. The predicted octanol–water partition coefficient (Wildman–Crippen LogP) is 0.776. The molecule has 1 aromatic carbocycles. The lowest BCUT2D eigenvalue weighted by atomic mass is 10.1. The number of para-hydroxylation sites is 1. The molecule has 2 heterocycles. The van der Waals surface area contributed by atoms with E-state index in [0.29, 0.717) is 45.0 Å². The zero-order chi connectivity index (χ0) is 23.3. The maximum atomic E-state index is 12.6. The lowest BCUT2D eigenvalue weighted by Gasteiger charge is -2.35. The normalized spacial score (nSPS) is 19.5. The standard InChI is InChI=1S/C22H32N6O4/c1-22(2,3)32-21(31)27-13-11-26(12-14-27)10-9-24-20(30)17-15-18(19(23)29)28(25-17)16-7-5-4-6-8-16/h4-8,18H,9-15H2,1-3H3,(H2,23,29)(H,24,30). The first kappa shape index (κ1) is 23.5. The lowest BCUT2D eigenvalue weighted by Crippen LogP contribution is -2.51. The second-order valence-electron chi connectivity index (χ2n) is 8.91. The van der Waals surface area contributed by atoms with Crippen molar-refractivity contribution in [2.75, 3.05) is 44.3 Å². The molecule has 10 heteroatoms. The molecular formula is C22H32N6O4. The van der Waals surface area contributed by atoms with Crippen molar-refractivity contribution < 1.29 is 19.1 Å². The molecule has 2 aliphatic rings. The predicted molar refractivity (Wildman–Crippen MR) is 121 cm³/mol. The maximum absolute atomic E-state index is 12.6. The Morgan fingerprint density at radius 1 is 1.12 bits per heavy atom. The molecule has 0 bridgehead atoms. The number of anilines is 1. The molecule has 0 aliphatic carbocycles. The second-order valence-corrected chi connectivity index (χ2v) is 8.91. The Labute approximate surface area is 188 Å². The van der Waals surface area contributed by atoms with Crippen LogP contribution in [0.1, 0.15) is 27.2 Å². The molecule has 0 radical (unpaired) electrons. The van der Waals surface area contributed by atoms with Crippen LogP contribution in [-0.2, 0) is 14.3 Å². The molecule has 2 aliphatic heterocycles. The minimum atomic E-state index is -0.681. The highest BCUT2D eigenvalue weighted by Gasteiger charge is 2.35. The van der Waals surface area contributed by atoms with Crippen molar-refractivity contribution in [2.24, 2.45) is 10.8 Å². The summed E-state index contributed by atoms with van der Waals surface area (Å²) in [7, 11) is 0. The summed E-state index contributed by atoms with van der Waals surface area (Å²) in [6.07, 6.45) is -0.123. The molecule has 0 aromatic heterocycles. The van der Waals surface area contributed by atoms with Crippen molar-refractivity contribution in [2.45, 2.75) is 38.8 Å². The van der Waals surface area contributed by atoms with Gasteiger partial charge in [-0.2, -0.15) is 5.10 Å². The van der Waals surface area contributed by atoms with E-state index in [4.69, 9.17) is 10.5 Å². The van der Waals surface area contributed by atoms with E-state index in [1.807, 2.05) is 51.1 Å². The summed E-state index contributed by atoms with van der Waals surface area (Å²) in [5.41, 5.74) is 6.01. The fraction of sp³-hybridized carbons (Fsp3) is 0.545. The molecule has 0 spiro atoms. The van der Waals surface area contributed by atoms with Gasteiger partial charge < -0.3 is 20.7 Å². The molecule has 3 amide bonds. The third kappa shape index (κ3) is 6.19. The number of benzene rings is 1. The van der Waals surface area contributed by atoms with Crippen LogP contribution < -0.4 is 16.1 Å². The molecule has 1 fully saturated rings. The molecule has 1 saturated heterocycles. The average Bonchev–Trinajstić information content (AvgIpc) is 3.20. The molecule has 1 unspecified atom stereocenters. The van der Waals surface area contributed by atoms with E-state index in [9.17, 15) is 14.4 Å². The highest BCUT2D eigenvalue weighted by atomic mass is 16.6. The van der Waals surface area contributed by atoms with Crippen LogP contribution >= 0.6 is 0 Å². The zero-order valence-electron chi connectivity index (χ0n) is 18.9. The molecule has 174 valence electrons. The molecule has 1 aromatic rings. The van der Waals surface area contributed by atoms with Crippen molar-refractivity contribution in [3.8, 4) is 0 Å². The van der Waals surface area contributed by atoms with Gasteiger partial charge in [0.2, 0.25) is 5.91 Å². The summed E-state index contributed by atoms with van der Waals surface area (Å²) in [5, 5.41) is 8.73. The molecule has 0 saturated carbocycles. The number of carbonyl (C=O) groups excluding carboxylic acids is 3. The summed E-state index contributed by atoms with van der Waals surface area (Å²) < 4.78 is 5.41. The van der Waals surface area contributed by atoms with Gasteiger partial charge in [-0.25, -0.2) is 4.79 Å². The number of nitrogens with two attached hydrogens (primary N) is 1. The third-order valence-electron chi connectivity index (χ3n) is 5.26. The van der Waals surface area contributed by atoms with Crippen LogP contribution in [0.15, 0.2) is 35.4 Å². The quantitative estimate of drug-likeness (QED) is 0.669. The van der Waals surface area contributed by atoms with E-state index in [1.165, 1.54) is 5.01 Å². The van der Waals surface area contributed by atoms with Gasteiger partial charge in [-0.05, 0) is 32.9 Å². The monoisotopic (exact) mass is 444 g/mol. The minimum absolute atomic E-state index is 0.171. The van der Waals surface area contributed by atoms with E-state index >= 15 is 0 Å². The highest BCUT2D eigenvalue weighted by molar-refractivity contribution is 6.40. The maximum Gasteiger partial charge on any atom is 0.410 e. The largest absolute Gasteiger partial charge is 0.444 e. The SMILES string of the molecule is CC(C)(C)OC(=O)N1CCN(CCNC(=O)C2=NN(c3ccccc3)C(C(N)=O)C2)CC1. The van der Waals surface area contributed by atoms with Gasteiger partial charge in [0.15, 0.2) is 0 Å². The Kier molecular flexibility index (Phi) is 7.34. The number of piperazine rings is 1. The summed E-state index contributed by atoms with van der Waals surface area (Å²) in [5.74, 6) is -0.828. The van der Waals surface area contributed by atoms with Crippen molar-refractivity contribution in [3.63, 3.8) is 0 Å². The van der Waals surface area contributed by atoms with Gasteiger partial charge in [0, 0.05) is 45.7 Å². The van der Waals surface area contributed by atoms with Gasteiger partial charge in [-0.3, -0.25) is 19.5 Å². The smallest absolute Gasteiger partial charge is 0.410 e. The van der Waals surface area contributed by atoms with E-state index in [0.717, 1.165) is 0 Å². The van der Waals surface area contributed by atoms with Crippen molar-refractivity contribution in [3.05, 3.63) is 30.3 Å². The number of rotatable bonds is 6. The van der Waals surface area contributed by atoms with Gasteiger partial charge in [-0.1, -0.05) is 18.2 Å². The Balaban J connectivity index is 1.45. The first-order chi connectivity index (χ1) is 15.1. The number of carbonyl (C=O) groups is 3. The number of ether oxygens (including phenoxy) is 1. The van der Waals surface area contributed by atoms with Crippen LogP contribution in [0, 0.1) is 0 Å². The summed E-state index contributed by atoms with van der Waals surface area (Å²) >= 11 is 0. The molecule has 3 rings (SSSR count). The molecule has 32 heavy (non-hydrogen) atoms. The van der Waals surface area contributed by atoms with Crippen molar-refractivity contribution in [1.29, 1.82) is 0 Å². The van der Waals surface area contributed by atoms with Gasteiger partial charge in [-0.15, -0.1) is 0 Å². The second kappa shape index (κ2) is 9.99. The van der Waals surface area contributed by atoms with Crippen molar-refractivity contribution in [1.82, 2.24) is 15.1 Å². The van der Waals surface area contributed by atoms with Crippen LogP contribution in [0.4, 0.5) is 10.5 Å². The van der Waals surface area contributed by atoms with E-state index in [1.54, 1.807) is 4.90 Å². The topological polar surface area (TPSA) is 121 Å². The summed E-state index contributed by atoms with van der Waals surface area (Å²) in [6.45, 7) is 9.24. The minimum Gasteiger partial charge on any atom is -0.444 e. The van der Waals surface area contributed by atoms with Crippen LogP contribution in [0.2, 0.25) is 0 Å². The number of nitrogens with zero attached hydrogens (tertiary/aromatic N) is 4. The van der Waals surface area contributed by atoms with E-state index in [2.05, 4.69) is 15.3 Å². The fourth-order valence-corrected chi connectivity index (χ4v) is 3.60. The number of hydrogen-bond acceptors (Lipinski definition) is 7. The molecule has 10 nitrogen and oxygen atoms in total. The first-order valence-electron chi connectivity index (χ1n) is 10.8. The molecular weight excluding hydrogens is 412 g/mol.